The van der Waals surface area contributed by atoms with Crippen molar-refractivity contribution >= 4 is 11.7 Å². The number of carbonyl (C=O) groups is 1. The van der Waals surface area contributed by atoms with Crippen molar-refractivity contribution < 1.29 is 9.90 Å². The van der Waals surface area contributed by atoms with Crippen LogP contribution in [0.5, 0.6) is 0 Å². The summed E-state index contributed by atoms with van der Waals surface area (Å²) in [5.41, 5.74) is 1.62. The van der Waals surface area contributed by atoms with Crippen LogP contribution < -0.4 is 4.90 Å². The molecule has 0 aromatic carbocycles. The van der Waals surface area contributed by atoms with Crippen LogP contribution in [0.4, 0.5) is 5.82 Å². The van der Waals surface area contributed by atoms with Gasteiger partial charge in [-0.15, -0.1) is 0 Å². The Labute approximate surface area is 134 Å². The van der Waals surface area contributed by atoms with Crippen LogP contribution in [0.15, 0.2) is 30.5 Å². The number of aliphatic hydroxyl groups excluding tert-OH is 1. The molecular weight excluding hydrogens is 294 g/mol. The summed E-state index contributed by atoms with van der Waals surface area (Å²) in [5.74, 6) is 1.22. The van der Waals surface area contributed by atoms with E-state index in [0.717, 1.165) is 17.2 Å². The number of hydrogen-bond donors (Lipinski definition) is 1. The van der Waals surface area contributed by atoms with Crippen molar-refractivity contribution in [1.29, 1.82) is 0 Å². The lowest BCUT2D eigenvalue weighted by Gasteiger charge is -2.35. The van der Waals surface area contributed by atoms with Crippen molar-refractivity contribution in [2.45, 2.75) is 6.92 Å². The zero-order valence-corrected chi connectivity index (χ0v) is 13.0. The maximum absolute atomic E-state index is 11.5. The summed E-state index contributed by atoms with van der Waals surface area (Å²) in [7, 11) is 0. The molecule has 3 rings (SSSR count). The maximum Gasteiger partial charge on any atom is 0.248 e. The van der Waals surface area contributed by atoms with Gasteiger partial charge in [-0.3, -0.25) is 9.78 Å². The molecule has 0 unspecified atom stereocenters. The third-order valence-electron chi connectivity index (χ3n) is 3.83. The van der Waals surface area contributed by atoms with Crippen molar-refractivity contribution in [1.82, 2.24) is 19.9 Å². The summed E-state index contributed by atoms with van der Waals surface area (Å²) in [4.78, 5) is 28.7. The van der Waals surface area contributed by atoms with E-state index in [1.165, 1.54) is 0 Å². The second-order valence-electron chi connectivity index (χ2n) is 5.43. The minimum atomic E-state index is -0.434. The molecule has 3 heterocycles. The highest BCUT2D eigenvalue weighted by Crippen LogP contribution is 2.19. The highest BCUT2D eigenvalue weighted by atomic mass is 16.3. The number of piperazine rings is 1. The number of aryl methyl sites for hydroxylation is 1. The van der Waals surface area contributed by atoms with Gasteiger partial charge in [0.25, 0.3) is 0 Å². The van der Waals surface area contributed by atoms with Gasteiger partial charge >= 0.3 is 0 Å². The van der Waals surface area contributed by atoms with Crippen molar-refractivity contribution in [3.63, 3.8) is 0 Å². The van der Waals surface area contributed by atoms with Crippen LogP contribution in [0.25, 0.3) is 11.5 Å². The summed E-state index contributed by atoms with van der Waals surface area (Å²) in [6.07, 6.45) is 1.72. The van der Waals surface area contributed by atoms with Gasteiger partial charge in [0.05, 0.1) is 0 Å². The summed E-state index contributed by atoms with van der Waals surface area (Å²) >= 11 is 0. The van der Waals surface area contributed by atoms with Gasteiger partial charge in [0.15, 0.2) is 5.82 Å². The monoisotopic (exact) mass is 313 g/mol. The van der Waals surface area contributed by atoms with E-state index in [-0.39, 0.29) is 5.91 Å². The summed E-state index contributed by atoms with van der Waals surface area (Å²) < 4.78 is 0. The topological polar surface area (TPSA) is 82.5 Å². The number of aliphatic hydroxyl groups is 1. The Morgan fingerprint density at radius 3 is 2.65 bits per heavy atom. The van der Waals surface area contributed by atoms with Crippen LogP contribution in [-0.2, 0) is 4.79 Å². The number of nitrogens with zero attached hydrogens (tertiary/aromatic N) is 5. The van der Waals surface area contributed by atoms with Crippen molar-refractivity contribution in [2.24, 2.45) is 0 Å². The highest BCUT2D eigenvalue weighted by Gasteiger charge is 2.22. The van der Waals surface area contributed by atoms with Gasteiger partial charge in [-0.25, -0.2) is 9.97 Å². The van der Waals surface area contributed by atoms with Crippen LogP contribution in [0.1, 0.15) is 5.69 Å². The Bertz CT molecular complexity index is 684. The first-order valence-corrected chi connectivity index (χ1v) is 7.58. The average molecular weight is 313 g/mol. The SMILES string of the molecule is Cc1cc(N2CCN(C(=O)CO)CC2)nc(-c2ccccn2)n1. The molecule has 0 bridgehead atoms. The van der Waals surface area contributed by atoms with E-state index < -0.39 is 6.61 Å². The van der Waals surface area contributed by atoms with E-state index in [4.69, 9.17) is 5.11 Å². The number of hydrogen-bond acceptors (Lipinski definition) is 6. The van der Waals surface area contributed by atoms with E-state index in [0.29, 0.717) is 32.0 Å². The summed E-state index contributed by atoms with van der Waals surface area (Å²) in [6, 6.07) is 7.59. The predicted octanol–water partition coefficient (Wildman–Crippen LogP) is 0.488. The van der Waals surface area contributed by atoms with E-state index in [2.05, 4.69) is 19.9 Å². The normalized spacial score (nSPS) is 14.9. The number of carbonyl (C=O) groups excluding carboxylic acids is 1. The fourth-order valence-corrected chi connectivity index (χ4v) is 2.61. The van der Waals surface area contributed by atoms with Crippen molar-refractivity contribution in [2.75, 3.05) is 37.7 Å². The molecule has 2 aromatic heterocycles. The zero-order chi connectivity index (χ0) is 16.2. The first-order valence-electron chi connectivity index (χ1n) is 7.58. The number of pyridine rings is 1. The van der Waals surface area contributed by atoms with Crippen LogP contribution >= 0.6 is 0 Å². The van der Waals surface area contributed by atoms with Crippen LogP contribution in [-0.4, -0.2) is 63.7 Å². The third kappa shape index (κ3) is 3.45. The average Bonchev–Trinajstić information content (AvgIpc) is 2.61. The quantitative estimate of drug-likeness (QED) is 0.888. The molecule has 0 atom stereocenters. The van der Waals surface area contributed by atoms with Gasteiger partial charge in [0.1, 0.15) is 18.1 Å². The smallest absolute Gasteiger partial charge is 0.248 e. The minimum absolute atomic E-state index is 0.224. The molecule has 1 amide bonds. The second kappa shape index (κ2) is 6.70. The molecule has 23 heavy (non-hydrogen) atoms. The van der Waals surface area contributed by atoms with Gasteiger partial charge in [0.2, 0.25) is 5.91 Å². The van der Waals surface area contributed by atoms with Gasteiger partial charge in [-0.2, -0.15) is 0 Å². The highest BCUT2D eigenvalue weighted by molar-refractivity contribution is 5.77. The Morgan fingerprint density at radius 1 is 1.22 bits per heavy atom. The van der Waals surface area contributed by atoms with E-state index in [1.807, 2.05) is 31.2 Å². The fourth-order valence-electron chi connectivity index (χ4n) is 2.61. The fraction of sp³-hybridized carbons (Fsp3) is 0.375. The van der Waals surface area contributed by atoms with Gasteiger partial charge < -0.3 is 14.9 Å². The molecular formula is C16H19N5O2. The second-order valence-corrected chi connectivity index (χ2v) is 5.43. The Hall–Kier alpha value is -2.54. The molecule has 1 saturated heterocycles. The van der Waals surface area contributed by atoms with Crippen LogP contribution in [0, 0.1) is 6.92 Å². The Kier molecular flexibility index (Phi) is 4.47. The molecule has 0 spiro atoms. The minimum Gasteiger partial charge on any atom is -0.387 e. The molecule has 1 N–H and O–H groups in total. The van der Waals surface area contributed by atoms with E-state index in [9.17, 15) is 4.79 Å². The Balaban J connectivity index is 1.79. The molecule has 2 aromatic rings. The molecule has 120 valence electrons. The first kappa shape index (κ1) is 15.4. The van der Waals surface area contributed by atoms with Crippen molar-refractivity contribution in [3.8, 4) is 11.5 Å². The molecule has 7 nitrogen and oxygen atoms in total. The molecule has 1 aliphatic rings. The number of anilines is 1. The van der Waals surface area contributed by atoms with Crippen LogP contribution in [0.3, 0.4) is 0 Å². The Morgan fingerprint density at radius 2 is 2.00 bits per heavy atom. The van der Waals surface area contributed by atoms with E-state index in [1.54, 1.807) is 11.1 Å². The number of rotatable bonds is 3. The molecule has 7 heteroatoms. The zero-order valence-electron chi connectivity index (χ0n) is 13.0. The molecule has 0 aliphatic carbocycles. The number of aromatic nitrogens is 3. The van der Waals surface area contributed by atoms with Crippen molar-refractivity contribution in [3.05, 3.63) is 36.2 Å². The lowest BCUT2D eigenvalue weighted by atomic mass is 10.2. The number of amides is 1. The lowest BCUT2D eigenvalue weighted by molar-refractivity contribution is -0.134. The molecule has 1 aliphatic heterocycles. The third-order valence-corrected chi connectivity index (χ3v) is 3.83. The van der Waals surface area contributed by atoms with E-state index >= 15 is 0 Å². The van der Waals surface area contributed by atoms with Gasteiger partial charge in [-0.1, -0.05) is 6.07 Å². The van der Waals surface area contributed by atoms with Gasteiger partial charge in [0, 0.05) is 44.1 Å². The van der Waals surface area contributed by atoms with Crippen LogP contribution in [0.2, 0.25) is 0 Å². The summed E-state index contributed by atoms with van der Waals surface area (Å²) in [6.45, 7) is 4.04. The first-order chi connectivity index (χ1) is 11.2. The molecule has 0 saturated carbocycles. The molecule has 0 radical (unpaired) electrons. The maximum atomic E-state index is 11.5. The largest absolute Gasteiger partial charge is 0.387 e. The van der Waals surface area contributed by atoms with Gasteiger partial charge in [-0.05, 0) is 19.1 Å². The predicted molar refractivity (Wildman–Crippen MR) is 85.9 cm³/mol. The lowest BCUT2D eigenvalue weighted by Crippen LogP contribution is -2.49. The molecule has 1 fully saturated rings. The standard InChI is InChI=1S/C16H19N5O2/c1-12-10-14(19-16(18-12)13-4-2-3-5-17-13)20-6-8-21(9-7-20)15(23)11-22/h2-5,10,22H,6-9,11H2,1H3. The summed E-state index contributed by atoms with van der Waals surface area (Å²) in [5, 5.41) is 8.94.